The van der Waals surface area contributed by atoms with Crippen molar-refractivity contribution in [3.63, 3.8) is 0 Å². The lowest BCUT2D eigenvalue weighted by Gasteiger charge is -2.17. The van der Waals surface area contributed by atoms with Crippen LogP contribution in [0.5, 0.6) is 11.5 Å². The van der Waals surface area contributed by atoms with Gasteiger partial charge >= 0.3 is 5.69 Å². The Bertz CT molecular complexity index is 1400. The molecule has 9 nitrogen and oxygen atoms in total. The maximum absolute atomic E-state index is 12.9. The fourth-order valence-electron chi connectivity index (χ4n) is 4.20. The van der Waals surface area contributed by atoms with Gasteiger partial charge in [-0.2, -0.15) is 0 Å². The molecule has 0 bridgehead atoms. The van der Waals surface area contributed by atoms with Crippen molar-refractivity contribution in [3.8, 4) is 11.5 Å². The van der Waals surface area contributed by atoms with E-state index in [1.807, 2.05) is 0 Å². The van der Waals surface area contributed by atoms with Crippen molar-refractivity contribution < 1.29 is 14.3 Å². The van der Waals surface area contributed by atoms with E-state index in [0.717, 1.165) is 29.5 Å². The molecule has 0 saturated heterocycles. The first kappa shape index (κ1) is 20.5. The molecule has 1 aliphatic rings. The number of thiophene rings is 1. The number of amides is 1. The lowest BCUT2D eigenvalue weighted by atomic mass is 9.89. The number of hydrogen-bond donors (Lipinski definition) is 1. The lowest BCUT2D eigenvalue weighted by Crippen LogP contribution is -2.28. The normalized spacial score (nSPS) is 15.7. The van der Waals surface area contributed by atoms with Crippen LogP contribution in [0.1, 0.15) is 23.8 Å². The SMILES string of the molecule is COc1ccc(OC)c(NC(=O)Cn2nc3c4c5c(sc4ncn3c2=O)C[C@H](C)CC5)c1. The van der Waals surface area contributed by atoms with Crippen LogP contribution in [0.25, 0.3) is 15.9 Å². The summed E-state index contributed by atoms with van der Waals surface area (Å²) in [6.07, 6.45) is 4.58. The van der Waals surface area contributed by atoms with Crippen LogP contribution in [0, 0.1) is 5.92 Å². The van der Waals surface area contributed by atoms with Gasteiger partial charge in [0.05, 0.1) is 25.3 Å². The highest BCUT2D eigenvalue weighted by atomic mass is 32.1. The molecule has 0 aliphatic heterocycles. The van der Waals surface area contributed by atoms with Gasteiger partial charge in [-0.15, -0.1) is 16.4 Å². The van der Waals surface area contributed by atoms with Crippen LogP contribution in [0.2, 0.25) is 0 Å². The van der Waals surface area contributed by atoms with Crippen LogP contribution in [0.3, 0.4) is 0 Å². The standard InChI is InChI=1S/C22H23N5O4S/c1-12-4-6-14-17(8-12)32-21-19(14)20-25-27(22(29)26(20)11-23-21)10-18(28)24-15-9-13(30-2)5-7-16(15)31-3/h5,7,9,11-12H,4,6,8,10H2,1-3H3,(H,24,28)/t12-/m1/s1. The van der Waals surface area contributed by atoms with Gasteiger partial charge in [-0.1, -0.05) is 6.92 Å². The van der Waals surface area contributed by atoms with E-state index in [-0.39, 0.29) is 6.54 Å². The summed E-state index contributed by atoms with van der Waals surface area (Å²) < 4.78 is 13.1. The van der Waals surface area contributed by atoms with E-state index in [1.165, 1.54) is 33.0 Å². The Morgan fingerprint density at radius 3 is 2.94 bits per heavy atom. The molecule has 1 N–H and O–H groups in total. The Balaban J connectivity index is 1.49. The van der Waals surface area contributed by atoms with E-state index in [4.69, 9.17) is 9.47 Å². The number of anilines is 1. The largest absolute Gasteiger partial charge is 0.497 e. The highest BCUT2D eigenvalue weighted by Crippen LogP contribution is 2.38. The van der Waals surface area contributed by atoms with E-state index >= 15 is 0 Å². The second-order valence-electron chi connectivity index (χ2n) is 8.02. The molecule has 0 fully saturated rings. The predicted molar refractivity (Wildman–Crippen MR) is 122 cm³/mol. The predicted octanol–water partition coefficient (Wildman–Crippen LogP) is 2.89. The zero-order chi connectivity index (χ0) is 22.4. The molecular formula is C22H23N5O4S. The minimum atomic E-state index is -0.397. The fraction of sp³-hybridized carbons (Fsp3) is 0.364. The Labute approximate surface area is 187 Å². The van der Waals surface area contributed by atoms with Crippen LogP contribution in [0.15, 0.2) is 29.3 Å². The number of benzene rings is 1. The first-order valence-electron chi connectivity index (χ1n) is 10.4. The summed E-state index contributed by atoms with van der Waals surface area (Å²) >= 11 is 1.68. The van der Waals surface area contributed by atoms with Crippen LogP contribution in [0.4, 0.5) is 5.69 Å². The number of methoxy groups -OCH3 is 2. The van der Waals surface area contributed by atoms with Crippen molar-refractivity contribution in [1.82, 2.24) is 19.2 Å². The summed E-state index contributed by atoms with van der Waals surface area (Å²) in [6.45, 7) is 2.03. The van der Waals surface area contributed by atoms with E-state index in [9.17, 15) is 9.59 Å². The molecule has 5 rings (SSSR count). The zero-order valence-electron chi connectivity index (χ0n) is 18.0. The highest BCUT2D eigenvalue weighted by molar-refractivity contribution is 7.19. The molecule has 1 aliphatic carbocycles. The summed E-state index contributed by atoms with van der Waals surface area (Å²) in [6, 6.07) is 5.10. The molecular weight excluding hydrogens is 430 g/mol. The van der Waals surface area contributed by atoms with Gasteiger partial charge in [-0.05, 0) is 42.9 Å². The van der Waals surface area contributed by atoms with Crippen molar-refractivity contribution in [3.05, 3.63) is 45.5 Å². The molecule has 1 aromatic carbocycles. The molecule has 3 heterocycles. The molecule has 1 atom stereocenters. The number of ether oxygens (including phenoxy) is 2. The van der Waals surface area contributed by atoms with Crippen LogP contribution in [-0.2, 0) is 24.2 Å². The third kappa shape index (κ3) is 3.40. The van der Waals surface area contributed by atoms with Crippen molar-refractivity contribution in [1.29, 1.82) is 0 Å². The molecule has 166 valence electrons. The van der Waals surface area contributed by atoms with Crippen LogP contribution in [-0.4, -0.2) is 39.3 Å². The smallest absolute Gasteiger partial charge is 0.352 e. The number of rotatable bonds is 5. The lowest BCUT2D eigenvalue weighted by molar-refractivity contribution is -0.117. The number of carbonyl (C=O) groups excluding carboxylic acids is 1. The molecule has 32 heavy (non-hydrogen) atoms. The molecule has 3 aromatic heterocycles. The molecule has 0 unspecified atom stereocenters. The summed E-state index contributed by atoms with van der Waals surface area (Å²) in [4.78, 5) is 32.4. The van der Waals surface area contributed by atoms with Crippen molar-refractivity contribution in [2.45, 2.75) is 32.7 Å². The molecule has 0 spiro atoms. The molecule has 10 heteroatoms. The maximum Gasteiger partial charge on any atom is 0.352 e. The van der Waals surface area contributed by atoms with Gasteiger partial charge in [0, 0.05) is 10.9 Å². The minimum absolute atomic E-state index is 0.230. The fourth-order valence-corrected chi connectivity index (χ4v) is 5.55. The number of carbonyl (C=O) groups is 1. The second-order valence-corrected chi connectivity index (χ2v) is 9.11. The zero-order valence-corrected chi connectivity index (χ0v) is 18.9. The van der Waals surface area contributed by atoms with Crippen LogP contribution >= 0.6 is 11.3 Å². The first-order chi connectivity index (χ1) is 15.5. The number of nitrogens with zero attached hydrogens (tertiary/aromatic N) is 4. The van der Waals surface area contributed by atoms with Gasteiger partial charge in [0.2, 0.25) is 5.91 Å². The second kappa shape index (κ2) is 7.94. The average molecular weight is 454 g/mol. The van der Waals surface area contributed by atoms with Gasteiger partial charge in [0.25, 0.3) is 0 Å². The topological polar surface area (TPSA) is 99.8 Å². The van der Waals surface area contributed by atoms with Crippen molar-refractivity contribution in [2.75, 3.05) is 19.5 Å². The molecule has 0 saturated carbocycles. The van der Waals surface area contributed by atoms with Gasteiger partial charge in [0.1, 0.15) is 29.2 Å². The Kier molecular flexibility index (Phi) is 5.09. The number of nitrogens with one attached hydrogen (secondary N) is 1. The third-order valence-electron chi connectivity index (χ3n) is 5.85. The Hall–Kier alpha value is -3.40. The third-order valence-corrected chi connectivity index (χ3v) is 7.01. The van der Waals surface area contributed by atoms with Gasteiger partial charge < -0.3 is 14.8 Å². The van der Waals surface area contributed by atoms with E-state index < -0.39 is 11.6 Å². The minimum Gasteiger partial charge on any atom is -0.497 e. The highest BCUT2D eigenvalue weighted by Gasteiger charge is 2.24. The number of fused-ring (bicyclic) bond motifs is 5. The van der Waals surface area contributed by atoms with E-state index in [2.05, 4.69) is 22.3 Å². The average Bonchev–Trinajstić information content (AvgIpc) is 3.30. The maximum atomic E-state index is 12.9. The van der Waals surface area contributed by atoms with Crippen molar-refractivity contribution >= 4 is 38.8 Å². The Morgan fingerprint density at radius 2 is 2.16 bits per heavy atom. The van der Waals surface area contributed by atoms with Crippen molar-refractivity contribution in [2.24, 2.45) is 5.92 Å². The molecule has 4 aromatic rings. The number of aryl methyl sites for hydroxylation is 1. The summed E-state index contributed by atoms with van der Waals surface area (Å²) in [5.74, 6) is 1.32. The summed E-state index contributed by atoms with van der Waals surface area (Å²) in [5, 5.41) is 8.23. The number of aromatic nitrogens is 4. The van der Waals surface area contributed by atoms with Gasteiger partial charge in [-0.25, -0.2) is 18.9 Å². The summed E-state index contributed by atoms with van der Waals surface area (Å²) in [7, 11) is 3.06. The Morgan fingerprint density at radius 1 is 1.31 bits per heavy atom. The van der Waals surface area contributed by atoms with Crippen LogP contribution < -0.4 is 20.5 Å². The number of hydrogen-bond acceptors (Lipinski definition) is 7. The quantitative estimate of drug-likeness (QED) is 0.499. The van der Waals surface area contributed by atoms with E-state index in [1.54, 1.807) is 36.6 Å². The monoisotopic (exact) mass is 453 g/mol. The summed E-state index contributed by atoms with van der Waals surface area (Å²) in [5.41, 5.74) is 1.85. The molecule has 0 radical (unpaired) electrons. The first-order valence-corrected chi connectivity index (χ1v) is 11.2. The van der Waals surface area contributed by atoms with E-state index in [0.29, 0.717) is 28.8 Å². The van der Waals surface area contributed by atoms with Gasteiger partial charge in [0.15, 0.2) is 5.65 Å². The molecule has 1 amide bonds. The van der Waals surface area contributed by atoms with Gasteiger partial charge in [-0.3, -0.25) is 4.79 Å².